The first-order valence-corrected chi connectivity index (χ1v) is 7.42. The quantitative estimate of drug-likeness (QED) is 0.598. The number of benzene rings is 1. The van der Waals surface area contributed by atoms with E-state index in [9.17, 15) is 15.0 Å². The number of rotatable bonds is 7. The number of hydrogen-bond donors (Lipinski definition) is 2. The average Bonchev–Trinajstić information content (AvgIpc) is 2.36. The van der Waals surface area contributed by atoms with Crippen molar-refractivity contribution in [1.29, 1.82) is 0 Å². The Balaban J connectivity index is 2.59. The summed E-state index contributed by atoms with van der Waals surface area (Å²) >= 11 is 5.90. The lowest BCUT2D eigenvalue weighted by Crippen LogP contribution is -2.39. The Bertz CT molecular complexity index is 445. The van der Waals surface area contributed by atoms with Crippen LogP contribution in [0.15, 0.2) is 30.3 Å². The molecule has 0 heterocycles. The lowest BCUT2D eigenvalue weighted by atomic mass is 9.98. The topological polar surface area (TPSA) is 66.8 Å². The number of carbonyl (C=O) groups is 1. The lowest BCUT2D eigenvalue weighted by molar-refractivity contribution is -0.158. The molecule has 0 amide bonds. The molecule has 2 N–H and O–H groups in total. The van der Waals surface area contributed by atoms with Gasteiger partial charge in [0.25, 0.3) is 0 Å². The van der Waals surface area contributed by atoms with Gasteiger partial charge in [0.05, 0.1) is 12.2 Å². The molecule has 0 spiro atoms. The van der Waals surface area contributed by atoms with Gasteiger partial charge >= 0.3 is 5.97 Å². The van der Waals surface area contributed by atoms with Crippen LogP contribution in [0, 0.1) is 0 Å². The lowest BCUT2D eigenvalue weighted by Gasteiger charge is -2.27. The smallest absolute Gasteiger partial charge is 0.327 e. The molecule has 0 aliphatic heterocycles. The van der Waals surface area contributed by atoms with E-state index < -0.39 is 29.2 Å². The maximum absolute atomic E-state index is 12.0. The predicted molar refractivity (Wildman–Crippen MR) is 82.3 cm³/mol. The van der Waals surface area contributed by atoms with Crippen molar-refractivity contribution in [2.45, 2.75) is 56.8 Å². The number of aliphatic hydroxyl groups is 2. The van der Waals surface area contributed by atoms with Crippen molar-refractivity contribution in [3.05, 3.63) is 35.9 Å². The number of aliphatic hydroxyl groups excluding tert-OH is 2. The van der Waals surface area contributed by atoms with Gasteiger partial charge in [0.2, 0.25) is 0 Å². The van der Waals surface area contributed by atoms with Crippen LogP contribution in [0.2, 0.25) is 0 Å². The number of esters is 1. The van der Waals surface area contributed by atoms with E-state index in [1.54, 1.807) is 13.8 Å². The fourth-order valence-electron chi connectivity index (χ4n) is 2.08. The molecular weight excluding hydrogens is 292 g/mol. The molecule has 0 aliphatic carbocycles. The molecule has 3 atom stereocenters. The number of ether oxygens (including phenoxy) is 1. The van der Waals surface area contributed by atoms with Crippen LogP contribution < -0.4 is 0 Å². The van der Waals surface area contributed by atoms with Gasteiger partial charge < -0.3 is 14.9 Å². The van der Waals surface area contributed by atoms with Gasteiger partial charge in [0, 0.05) is 12.8 Å². The highest BCUT2D eigenvalue weighted by molar-refractivity contribution is 6.30. The summed E-state index contributed by atoms with van der Waals surface area (Å²) in [6, 6.07) is 9.67. The Morgan fingerprint density at radius 3 is 2.38 bits per heavy atom. The largest absolute Gasteiger partial charge is 0.458 e. The summed E-state index contributed by atoms with van der Waals surface area (Å²) in [5.41, 5.74) is 0.321. The van der Waals surface area contributed by atoms with Crippen molar-refractivity contribution in [3.63, 3.8) is 0 Å². The molecule has 0 bridgehead atoms. The molecule has 4 nitrogen and oxygen atoms in total. The molecule has 0 aromatic heterocycles. The Morgan fingerprint density at radius 1 is 1.29 bits per heavy atom. The first kappa shape index (κ1) is 18.0. The summed E-state index contributed by atoms with van der Waals surface area (Å²) in [6.07, 6.45) is -1.28. The summed E-state index contributed by atoms with van der Waals surface area (Å²) in [5, 5.41) is 17.8. The van der Waals surface area contributed by atoms with Crippen LogP contribution in [0.4, 0.5) is 0 Å². The molecule has 1 aromatic rings. The predicted octanol–water partition coefficient (Wildman–Crippen LogP) is 2.29. The molecule has 1 aromatic carbocycles. The van der Waals surface area contributed by atoms with E-state index in [1.807, 2.05) is 30.3 Å². The van der Waals surface area contributed by atoms with Crippen molar-refractivity contribution in [3.8, 4) is 0 Å². The standard InChI is InChI=1S/C16H23ClO4/c1-11(18)9-13(19)14(17)15(20)21-16(2,3)10-12-7-5-4-6-8-12/h4-8,11,13-14,18-19H,9-10H2,1-3H3. The van der Waals surface area contributed by atoms with Crippen LogP contribution >= 0.6 is 11.6 Å². The van der Waals surface area contributed by atoms with Crippen LogP contribution in [0.1, 0.15) is 32.8 Å². The third-order valence-corrected chi connectivity index (χ3v) is 3.46. The highest BCUT2D eigenvalue weighted by atomic mass is 35.5. The molecule has 3 unspecified atom stereocenters. The molecule has 1 rings (SSSR count). The minimum atomic E-state index is -1.19. The summed E-state index contributed by atoms with van der Waals surface area (Å²) < 4.78 is 5.39. The first-order chi connectivity index (χ1) is 9.71. The molecule has 21 heavy (non-hydrogen) atoms. The zero-order valence-electron chi connectivity index (χ0n) is 12.6. The van der Waals surface area contributed by atoms with Gasteiger partial charge in [-0.1, -0.05) is 30.3 Å². The van der Waals surface area contributed by atoms with Crippen molar-refractivity contribution in [1.82, 2.24) is 0 Å². The first-order valence-electron chi connectivity index (χ1n) is 6.98. The molecule has 0 fully saturated rings. The molecule has 5 heteroatoms. The number of carbonyl (C=O) groups excluding carboxylic acids is 1. The zero-order valence-corrected chi connectivity index (χ0v) is 13.4. The van der Waals surface area contributed by atoms with Crippen LogP contribution in [0.5, 0.6) is 0 Å². The SMILES string of the molecule is CC(O)CC(O)C(Cl)C(=O)OC(C)(C)Cc1ccccc1. The Morgan fingerprint density at radius 2 is 1.86 bits per heavy atom. The van der Waals surface area contributed by atoms with Crippen LogP contribution in [-0.4, -0.2) is 39.4 Å². The minimum absolute atomic E-state index is 0.0301. The molecule has 118 valence electrons. The van der Waals surface area contributed by atoms with Crippen LogP contribution in [0.3, 0.4) is 0 Å². The van der Waals surface area contributed by atoms with Crippen molar-refractivity contribution in [2.75, 3.05) is 0 Å². The third kappa shape index (κ3) is 6.46. The fourth-order valence-corrected chi connectivity index (χ4v) is 2.23. The summed E-state index contributed by atoms with van der Waals surface area (Å²) in [7, 11) is 0. The second kappa shape index (κ2) is 7.78. The van der Waals surface area contributed by atoms with E-state index in [1.165, 1.54) is 6.92 Å². The Hall–Kier alpha value is -1.10. The second-order valence-corrected chi connectivity index (χ2v) is 6.37. The van der Waals surface area contributed by atoms with Gasteiger partial charge in [-0.15, -0.1) is 11.6 Å². The van der Waals surface area contributed by atoms with E-state index >= 15 is 0 Å². The molecular formula is C16H23ClO4. The average molecular weight is 315 g/mol. The van der Waals surface area contributed by atoms with Gasteiger partial charge in [0.1, 0.15) is 5.60 Å². The van der Waals surface area contributed by atoms with E-state index in [0.29, 0.717) is 6.42 Å². The minimum Gasteiger partial charge on any atom is -0.458 e. The van der Waals surface area contributed by atoms with Gasteiger partial charge in [-0.3, -0.25) is 4.79 Å². The van der Waals surface area contributed by atoms with Crippen molar-refractivity contribution in [2.24, 2.45) is 0 Å². The number of hydrogen-bond acceptors (Lipinski definition) is 4. The van der Waals surface area contributed by atoms with Gasteiger partial charge in [-0.2, -0.15) is 0 Å². The highest BCUT2D eigenvalue weighted by Gasteiger charge is 2.32. The third-order valence-electron chi connectivity index (χ3n) is 3.00. The number of halogens is 1. The maximum atomic E-state index is 12.0. The second-order valence-electron chi connectivity index (χ2n) is 5.90. The fraction of sp³-hybridized carbons (Fsp3) is 0.562. The summed E-state index contributed by atoms with van der Waals surface area (Å²) in [5.74, 6) is -0.675. The molecule has 0 radical (unpaired) electrons. The number of alkyl halides is 1. The summed E-state index contributed by atoms with van der Waals surface area (Å²) in [6.45, 7) is 5.11. The molecule has 0 aliphatic rings. The maximum Gasteiger partial charge on any atom is 0.327 e. The van der Waals surface area contributed by atoms with Crippen molar-refractivity contribution >= 4 is 17.6 Å². The van der Waals surface area contributed by atoms with E-state index in [2.05, 4.69) is 0 Å². The van der Waals surface area contributed by atoms with Crippen molar-refractivity contribution < 1.29 is 19.7 Å². The molecule has 0 saturated heterocycles. The van der Waals surface area contributed by atoms with Gasteiger partial charge in [0.15, 0.2) is 5.38 Å². The zero-order chi connectivity index (χ0) is 16.0. The Kier molecular flexibility index (Phi) is 6.65. The van der Waals surface area contributed by atoms with E-state index in [0.717, 1.165) is 5.56 Å². The van der Waals surface area contributed by atoms with E-state index in [-0.39, 0.29) is 6.42 Å². The highest BCUT2D eigenvalue weighted by Crippen LogP contribution is 2.20. The van der Waals surface area contributed by atoms with Gasteiger partial charge in [-0.05, 0) is 26.3 Å². The van der Waals surface area contributed by atoms with E-state index in [4.69, 9.17) is 16.3 Å². The monoisotopic (exact) mass is 314 g/mol. The Labute approximate surface area is 130 Å². The van der Waals surface area contributed by atoms with Crippen LogP contribution in [-0.2, 0) is 16.0 Å². The normalized spacial score (nSPS) is 16.1. The van der Waals surface area contributed by atoms with Gasteiger partial charge in [-0.25, -0.2) is 0 Å². The molecule has 0 saturated carbocycles. The van der Waals surface area contributed by atoms with Crippen LogP contribution in [0.25, 0.3) is 0 Å². The summed E-state index contributed by atoms with van der Waals surface area (Å²) in [4.78, 5) is 12.0.